The van der Waals surface area contributed by atoms with Crippen molar-refractivity contribution >= 4 is 35.3 Å². The van der Waals surface area contributed by atoms with E-state index in [0.29, 0.717) is 0 Å². The Labute approximate surface area is 135 Å². The number of thiophene rings is 1. The molecule has 112 valence electrons. The number of anilines is 1. The van der Waals surface area contributed by atoms with Gasteiger partial charge < -0.3 is 10.6 Å². The second kappa shape index (κ2) is 7.59. The van der Waals surface area contributed by atoms with Gasteiger partial charge in [0.25, 0.3) is 0 Å². The van der Waals surface area contributed by atoms with Crippen LogP contribution in [0, 0.1) is 5.92 Å². The van der Waals surface area contributed by atoms with Crippen LogP contribution in [0.15, 0.2) is 41.8 Å². The van der Waals surface area contributed by atoms with Crippen molar-refractivity contribution in [2.45, 2.75) is 12.8 Å². The van der Waals surface area contributed by atoms with Crippen molar-refractivity contribution in [2.24, 2.45) is 5.92 Å². The van der Waals surface area contributed by atoms with Crippen LogP contribution in [-0.2, 0) is 4.79 Å². The summed E-state index contributed by atoms with van der Waals surface area (Å²) in [6.07, 6.45) is 2.05. The zero-order valence-corrected chi connectivity index (χ0v) is 13.3. The van der Waals surface area contributed by atoms with Crippen LogP contribution in [0.3, 0.4) is 0 Å². The third-order valence-electron chi connectivity index (χ3n) is 3.64. The minimum absolute atomic E-state index is 0. The lowest BCUT2D eigenvalue weighted by Crippen LogP contribution is -2.37. The molecule has 1 unspecified atom stereocenters. The number of carbonyl (C=O) groups is 1. The normalized spacial score (nSPS) is 17.8. The summed E-state index contributed by atoms with van der Waals surface area (Å²) in [5.74, 6) is 0.210. The molecule has 0 spiro atoms. The second-order valence-electron chi connectivity index (χ2n) is 5.06. The highest BCUT2D eigenvalue weighted by atomic mass is 35.5. The summed E-state index contributed by atoms with van der Waals surface area (Å²) in [6.45, 7) is 1.81. The van der Waals surface area contributed by atoms with E-state index in [9.17, 15) is 4.79 Å². The zero-order valence-electron chi connectivity index (χ0n) is 11.7. The van der Waals surface area contributed by atoms with Crippen LogP contribution in [0.25, 0.3) is 10.4 Å². The number of benzene rings is 1. The molecule has 0 radical (unpaired) electrons. The molecule has 2 heterocycles. The third-order valence-corrected chi connectivity index (χ3v) is 4.54. The van der Waals surface area contributed by atoms with Gasteiger partial charge in [-0.15, -0.1) is 23.7 Å². The second-order valence-corrected chi connectivity index (χ2v) is 6.00. The summed E-state index contributed by atoms with van der Waals surface area (Å²) in [7, 11) is 0. The van der Waals surface area contributed by atoms with Gasteiger partial charge in [-0.1, -0.05) is 24.3 Å². The summed E-state index contributed by atoms with van der Waals surface area (Å²) in [6, 6.07) is 12.1. The van der Waals surface area contributed by atoms with E-state index in [1.165, 1.54) is 4.88 Å². The molecule has 1 fully saturated rings. The molecule has 5 heteroatoms. The summed E-state index contributed by atoms with van der Waals surface area (Å²) >= 11 is 1.69. The fraction of sp³-hybridized carbons (Fsp3) is 0.312. The molecule has 0 aliphatic carbocycles. The lowest BCUT2D eigenvalue weighted by atomic mass is 9.98. The molecule has 1 aromatic heterocycles. The Morgan fingerprint density at radius 3 is 2.81 bits per heavy atom. The Balaban J connectivity index is 0.00000161. The Bertz CT molecular complexity index is 580. The highest BCUT2D eigenvalue weighted by Crippen LogP contribution is 2.31. The monoisotopic (exact) mass is 322 g/mol. The minimum atomic E-state index is 0. The molecule has 3 nitrogen and oxygen atoms in total. The fourth-order valence-electron chi connectivity index (χ4n) is 2.55. The molecule has 2 aromatic rings. The first kappa shape index (κ1) is 16.0. The van der Waals surface area contributed by atoms with Crippen molar-refractivity contribution in [2.75, 3.05) is 18.4 Å². The van der Waals surface area contributed by atoms with E-state index in [1.54, 1.807) is 11.3 Å². The van der Waals surface area contributed by atoms with Crippen LogP contribution in [0.1, 0.15) is 12.8 Å². The smallest absolute Gasteiger partial charge is 0.228 e. The maximum Gasteiger partial charge on any atom is 0.228 e. The molecule has 2 N–H and O–H groups in total. The van der Waals surface area contributed by atoms with E-state index >= 15 is 0 Å². The first-order valence-electron chi connectivity index (χ1n) is 6.99. The van der Waals surface area contributed by atoms with E-state index in [0.717, 1.165) is 37.2 Å². The van der Waals surface area contributed by atoms with E-state index in [4.69, 9.17) is 0 Å². The van der Waals surface area contributed by atoms with Gasteiger partial charge in [-0.2, -0.15) is 0 Å². The Morgan fingerprint density at radius 1 is 1.24 bits per heavy atom. The number of hydrogen-bond acceptors (Lipinski definition) is 3. The average Bonchev–Trinajstić information content (AvgIpc) is 3.03. The topological polar surface area (TPSA) is 41.1 Å². The number of hydrogen-bond donors (Lipinski definition) is 2. The van der Waals surface area contributed by atoms with Gasteiger partial charge in [0, 0.05) is 22.7 Å². The summed E-state index contributed by atoms with van der Waals surface area (Å²) in [5, 5.41) is 8.44. The van der Waals surface area contributed by atoms with Gasteiger partial charge in [0.1, 0.15) is 0 Å². The number of carbonyl (C=O) groups excluding carboxylic acids is 1. The van der Waals surface area contributed by atoms with Crippen LogP contribution >= 0.6 is 23.7 Å². The molecule has 3 rings (SSSR count). The molecule has 1 amide bonds. The van der Waals surface area contributed by atoms with Gasteiger partial charge in [0.2, 0.25) is 5.91 Å². The van der Waals surface area contributed by atoms with Crippen molar-refractivity contribution in [3.05, 3.63) is 41.8 Å². The number of rotatable bonds is 3. The molecule has 1 aromatic carbocycles. The molecule has 1 aliphatic heterocycles. The van der Waals surface area contributed by atoms with Crippen molar-refractivity contribution in [1.82, 2.24) is 5.32 Å². The molecular weight excluding hydrogens is 304 g/mol. The SMILES string of the molecule is Cl.O=C(Nc1ccccc1-c1cccs1)C1CCCNC1. The number of para-hydroxylation sites is 1. The van der Waals surface area contributed by atoms with Crippen LogP contribution in [-0.4, -0.2) is 19.0 Å². The van der Waals surface area contributed by atoms with E-state index < -0.39 is 0 Å². The molecular formula is C16H19ClN2OS. The minimum Gasteiger partial charge on any atom is -0.325 e. The average molecular weight is 323 g/mol. The quantitative estimate of drug-likeness (QED) is 0.903. The standard InChI is InChI=1S/C16H18N2OS.ClH/c19-16(12-5-3-9-17-11-12)18-14-7-2-1-6-13(14)15-8-4-10-20-15;/h1-2,4,6-8,10,12,17H,3,5,9,11H2,(H,18,19);1H. The van der Waals surface area contributed by atoms with E-state index in [2.05, 4.69) is 28.1 Å². The molecule has 0 bridgehead atoms. The van der Waals surface area contributed by atoms with Gasteiger partial charge in [0.05, 0.1) is 5.92 Å². The van der Waals surface area contributed by atoms with Crippen LogP contribution in [0.2, 0.25) is 0 Å². The molecule has 0 saturated carbocycles. The molecule has 1 aliphatic rings. The number of piperidine rings is 1. The van der Waals surface area contributed by atoms with Crippen molar-refractivity contribution in [3.63, 3.8) is 0 Å². The highest BCUT2D eigenvalue weighted by Gasteiger charge is 2.21. The fourth-order valence-corrected chi connectivity index (χ4v) is 3.32. The Kier molecular flexibility index (Phi) is 5.79. The van der Waals surface area contributed by atoms with Gasteiger partial charge in [-0.3, -0.25) is 4.79 Å². The third kappa shape index (κ3) is 3.84. The van der Waals surface area contributed by atoms with Crippen LogP contribution in [0.5, 0.6) is 0 Å². The first-order valence-corrected chi connectivity index (χ1v) is 7.87. The maximum absolute atomic E-state index is 12.3. The maximum atomic E-state index is 12.3. The molecule has 1 atom stereocenters. The summed E-state index contributed by atoms with van der Waals surface area (Å²) < 4.78 is 0. The molecule has 21 heavy (non-hydrogen) atoms. The van der Waals surface area contributed by atoms with Gasteiger partial charge in [-0.25, -0.2) is 0 Å². The number of amides is 1. The Morgan fingerprint density at radius 2 is 2.10 bits per heavy atom. The lowest BCUT2D eigenvalue weighted by molar-refractivity contribution is -0.120. The van der Waals surface area contributed by atoms with E-state index in [-0.39, 0.29) is 24.2 Å². The zero-order chi connectivity index (χ0) is 13.8. The van der Waals surface area contributed by atoms with Crippen molar-refractivity contribution < 1.29 is 4.79 Å². The first-order chi connectivity index (χ1) is 9.84. The van der Waals surface area contributed by atoms with Gasteiger partial charge in [0.15, 0.2) is 0 Å². The van der Waals surface area contributed by atoms with Crippen LogP contribution < -0.4 is 10.6 Å². The van der Waals surface area contributed by atoms with Gasteiger partial charge in [-0.05, 0) is 36.9 Å². The Hall–Kier alpha value is -1.36. The summed E-state index contributed by atoms with van der Waals surface area (Å²) in [5.41, 5.74) is 2.00. The lowest BCUT2D eigenvalue weighted by Gasteiger charge is -2.22. The van der Waals surface area contributed by atoms with Crippen molar-refractivity contribution in [3.8, 4) is 10.4 Å². The number of halogens is 1. The largest absolute Gasteiger partial charge is 0.325 e. The predicted octanol–water partition coefficient (Wildman–Crippen LogP) is 3.78. The van der Waals surface area contributed by atoms with Gasteiger partial charge >= 0.3 is 0 Å². The predicted molar refractivity (Wildman–Crippen MR) is 91.2 cm³/mol. The highest BCUT2D eigenvalue weighted by molar-refractivity contribution is 7.13. The molecule has 1 saturated heterocycles. The van der Waals surface area contributed by atoms with Crippen molar-refractivity contribution in [1.29, 1.82) is 0 Å². The van der Waals surface area contributed by atoms with E-state index in [1.807, 2.05) is 24.3 Å². The summed E-state index contributed by atoms with van der Waals surface area (Å²) in [4.78, 5) is 13.5. The van der Waals surface area contributed by atoms with Crippen LogP contribution in [0.4, 0.5) is 5.69 Å². The number of nitrogens with one attached hydrogen (secondary N) is 2.